The Bertz CT molecular complexity index is 1330. The fraction of sp³-hybridized carbons (Fsp3) is 0.478. The average Bonchev–Trinajstić information content (AvgIpc) is 2.85. The van der Waals surface area contributed by atoms with Gasteiger partial charge in [-0.05, 0) is 56.3 Å². The van der Waals surface area contributed by atoms with Gasteiger partial charge in [0.05, 0.1) is 22.4 Å². The largest absolute Gasteiger partial charge is 0.416 e. The highest BCUT2D eigenvalue weighted by atomic mass is 32.1. The highest BCUT2D eigenvalue weighted by Crippen LogP contribution is 2.43. The molecule has 0 atom stereocenters. The van der Waals surface area contributed by atoms with E-state index in [0.717, 1.165) is 55.9 Å². The van der Waals surface area contributed by atoms with Crippen molar-refractivity contribution in [1.29, 1.82) is 0 Å². The third-order valence-corrected chi connectivity index (χ3v) is 8.38. The number of likely N-dealkylation sites (tertiary alicyclic amines) is 1. The SMILES string of the molecule is O=c1nc(N2CCC3(CCN(Cc4ncccn4)CC3)CC2)sc2c([N+](=O)[O-])cc(C(F)(F)F)cc12. The summed E-state index contributed by atoms with van der Waals surface area (Å²) in [6.45, 7) is 3.85. The summed E-state index contributed by atoms with van der Waals surface area (Å²) in [6.07, 6.45) is 2.50. The molecule has 2 saturated heterocycles. The summed E-state index contributed by atoms with van der Waals surface area (Å²) >= 11 is 0.902. The van der Waals surface area contributed by atoms with Crippen molar-refractivity contribution in [3.8, 4) is 0 Å². The number of halogens is 3. The van der Waals surface area contributed by atoms with E-state index < -0.39 is 27.9 Å². The lowest BCUT2D eigenvalue weighted by molar-refractivity contribution is -0.383. The Morgan fingerprint density at radius 2 is 1.69 bits per heavy atom. The third kappa shape index (κ3) is 4.89. The quantitative estimate of drug-likeness (QED) is 0.371. The molecule has 9 nitrogen and oxygen atoms in total. The van der Waals surface area contributed by atoms with Gasteiger partial charge in [-0.1, -0.05) is 11.3 Å². The fourth-order valence-electron chi connectivity index (χ4n) is 5.04. The third-order valence-electron chi connectivity index (χ3n) is 7.21. The zero-order chi connectivity index (χ0) is 25.5. The van der Waals surface area contributed by atoms with Crippen molar-refractivity contribution < 1.29 is 18.1 Å². The number of benzene rings is 1. The van der Waals surface area contributed by atoms with Crippen LogP contribution < -0.4 is 10.5 Å². The highest BCUT2D eigenvalue weighted by molar-refractivity contribution is 7.22. The molecule has 1 aromatic carbocycles. The Morgan fingerprint density at radius 3 is 2.31 bits per heavy atom. The zero-order valence-corrected chi connectivity index (χ0v) is 20.0. The van der Waals surface area contributed by atoms with E-state index in [-0.39, 0.29) is 15.5 Å². The summed E-state index contributed by atoms with van der Waals surface area (Å²) in [5.41, 5.74) is -2.66. The molecule has 2 aliphatic heterocycles. The van der Waals surface area contributed by atoms with Crippen LogP contribution in [0.5, 0.6) is 0 Å². The minimum atomic E-state index is -4.81. The molecule has 13 heteroatoms. The van der Waals surface area contributed by atoms with Gasteiger partial charge in [-0.3, -0.25) is 19.8 Å². The van der Waals surface area contributed by atoms with Gasteiger partial charge in [0.15, 0.2) is 5.13 Å². The van der Waals surface area contributed by atoms with Gasteiger partial charge in [0.1, 0.15) is 10.5 Å². The molecule has 36 heavy (non-hydrogen) atoms. The van der Waals surface area contributed by atoms with E-state index >= 15 is 0 Å². The van der Waals surface area contributed by atoms with Gasteiger partial charge >= 0.3 is 6.18 Å². The van der Waals surface area contributed by atoms with E-state index in [4.69, 9.17) is 0 Å². The first-order valence-electron chi connectivity index (χ1n) is 11.6. The predicted molar refractivity (Wildman–Crippen MR) is 128 cm³/mol. The van der Waals surface area contributed by atoms with Crippen LogP contribution in [-0.2, 0) is 12.7 Å². The number of hydrogen-bond donors (Lipinski definition) is 0. The van der Waals surface area contributed by atoms with Gasteiger partial charge < -0.3 is 4.90 Å². The molecule has 5 rings (SSSR count). The van der Waals surface area contributed by atoms with Gasteiger partial charge in [-0.15, -0.1) is 0 Å². The standard InChI is InChI=1S/C23H23F3N6O3S/c24-23(25,26)15-12-16-19(17(13-15)32(34)35)36-21(29-20(16)33)31-10-4-22(5-11-31)2-8-30(9-3-22)14-18-27-6-1-7-28-18/h1,6-7,12-13H,2-5,8-11,14H2. The maximum absolute atomic E-state index is 13.2. The van der Waals surface area contributed by atoms with Crippen molar-refractivity contribution in [3.63, 3.8) is 0 Å². The Morgan fingerprint density at radius 1 is 1.06 bits per heavy atom. The molecule has 0 N–H and O–H groups in total. The number of alkyl halides is 3. The first-order valence-corrected chi connectivity index (χ1v) is 12.4. The summed E-state index contributed by atoms with van der Waals surface area (Å²) in [5, 5.41) is 11.5. The summed E-state index contributed by atoms with van der Waals surface area (Å²) in [6, 6.07) is 2.93. The summed E-state index contributed by atoms with van der Waals surface area (Å²) in [7, 11) is 0. The Hall–Kier alpha value is -3.19. The highest BCUT2D eigenvalue weighted by Gasteiger charge is 2.39. The normalized spacial score (nSPS) is 18.6. The first kappa shape index (κ1) is 24.5. The lowest BCUT2D eigenvalue weighted by Crippen LogP contribution is -2.47. The van der Waals surface area contributed by atoms with Crippen LogP contribution in [0.15, 0.2) is 35.4 Å². The van der Waals surface area contributed by atoms with Crippen LogP contribution >= 0.6 is 11.3 Å². The van der Waals surface area contributed by atoms with Crippen LogP contribution in [0.4, 0.5) is 24.0 Å². The van der Waals surface area contributed by atoms with Gasteiger partial charge in [-0.25, -0.2) is 9.97 Å². The van der Waals surface area contributed by atoms with Crippen LogP contribution in [0.25, 0.3) is 10.1 Å². The smallest absolute Gasteiger partial charge is 0.348 e. The molecule has 3 aromatic rings. The maximum Gasteiger partial charge on any atom is 0.416 e. The van der Waals surface area contributed by atoms with Crippen LogP contribution in [0, 0.1) is 15.5 Å². The van der Waals surface area contributed by atoms with Gasteiger partial charge in [-0.2, -0.15) is 18.2 Å². The Kier molecular flexibility index (Phi) is 6.37. The second-order valence-corrected chi connectivity index (χ2v) is 10.3. The Balaban J connectivity index is 1.31. The number of nitro groups is 1. The molecule has 0 radical (unpaired) electrons. The monoisotopic (exact) mass is 520 g/mol. The molecule has 2 aromatic heterocycles. The number of anilines is 1. The minimum absolute atomic E-state index is 0.0836. The number of fused-ring (bicyclic) bond motifs is 1. The number of aromatic nitrogens is 3. The van der Waals surface area contributed by atoms with Crippen molar-refractivity contribution in [2.24, 2.45) is 5.41 Å². The average molecular weight is 521 g/mol. The molecule has 0 saturated carbocycles. The van der Waals surface area contributed by atoms with Crippen LogP contribution in [0.2, 0.25) is 0 Å². The number of nitro benzene ring substituents is 1. The zero-order valence-electron chi connectivity index (χ0n) is 19.2. The van der Waals surface area contributed by atoms with E-state index in [1.54, 1.807) is 18.5 Å². The van der Waals surface area contributed by atoms with Crippen LogP contribution in [0.3, 0.4) is 0 Å². The lowest BCUT2D eigenvalue weighted by atomic mass is 9.71. The van der Waals surface area contributed by atoms with Gasteiger partial charge in [0.2, 0.25) is 0 Å². The molecule has 2 fully saturated rings. The molecule has 4 heterocycles. The van der Waals surface area contributed by atoms with Crippen molar-refractivity contribution in [2.75, 3.05) is 31.1 Å². The van der Waals surface area contributed by atoms with Crippen LogP contribution in [0.1, 0.15) is 37.1 Å². The lowest BCUT2D eigenvalue weighted by Gasteiger charge is -2.46. The van der Waals surface area contributed by atoms with Crippen molar-refractivity contribution >= 4 is 32.2 Å². The molecule has 0 amide bonds. The predicted octanol–water partition coefficient (Wildman–Crippen LogP) is 4.26. The number of rotatable bonds is 4. The molecule has 0 bridgehead atoms. The minimum Gasteiger partial charge on any atom is -0.348 e. The topological polar surface area (TPSA) is 105 Å². The molecule has 0 aliphatic carbocycles. The van der Waals surface area contributed by atoms with Crippen LogP contribution in [-0.4, -0.2) is 51.0 Å². The molecular formula is C23H23F3N6O3S. The van der Waals surface area contributed by atoms with Gasteiger partial charge in [0, 0.05) is 31.5 Å². The van der Waals surface area contributed by atoms with Crippen molar-refractivity contribution in [3.05, 3.63) is 62.4 Å². The molecule has 190 valence electrons. The summed E-state index contributed by atoms with van der Waals surface area (Å²) in [5.74, 6) is 0.803. The second-order valence-electron chi connectivity index (χ2n) is 9.36. The number of nitrogens with zero attached hydrogens (tertiary/aromatic N) is 6. The van der Waals surface area contributed by atoms with Gasteiger partial charge in [0.25, 0.3) is 11.2 Å². The molecular weight excluding hydrogens is 497 g/mol. The maximum atomic E-state index is 13.2. The molecule has 0 unspecified atom stereocenters. The molecule has 2 aliphatic rings. The Labute approximate surface area is 207 Å². The second kappa shape index (κ2) is 9.36. The molecule has 1 spiro atoms. The van der Waals surface area contributed by atoms with E-state index in [1.807, 2.05) is 4.90 Å². The summed E-state index contributed by atoms with van der Waals surface area (Å²) in [4.78, 5) is 40.2. The fourth-order valence-corrected chi connectivity index (χ4v) is 6.16. The van der Waals surface area contributed by atoms with E-state index in [1.165, 1.54) is 0 Å². The van der Waals surface area contributed by atoms with Crippen molar-refractivity contribution in [1.82, 2.24) is 19.9 Å². The van der Waals surface area contributed by atoms with E-state index in [9.17, 15) is 28.1 Å². The number of non-ortho nitro benzene ring substituents is 1. The number of piperidine rings is 2. The van der Waals surface area contributed by atoms with Crippen molar-refractivity contribution in [2.45, 2.75) is 38.4 Å². The number of hydrogen-bond acceptors (Lipinski definition) is 9. The first-order chi connectivity index (χ1) is 17.1. The van der Waals surface area contributed by atoms with E-state index in [2.05, 4.69) is 19.9 Å². The summed E-state index contributed by atoms with van der Waals surface area (Å²) < 4.78 is 39.5. The van der Waals surface area contributed by atoms with E-state index in [0.29, 0.717) is 36.9 Å².